The highest BCUT2D eigenvalue weighted by Crippen LogP contribution is 2.21. The molecule has 2 aromatic carbocycles. The van der Waals surface area contributed by atoms with Crippen molar-refractivity contribution in [3.05, 3.63) is 71.8 Å². The van der Waals surface area contributed by atoms with Crippen LogP contribution in [0.4, 0.5) is 4.79 Å². The van der Waals surface area contributed by atoms with Gasteiger partial charge in [0.05, 0.1) is 19.3 Å². The smallest absolute Gasteiger partial charge is 0.419 e. The van der Waals surface area contributed by atoms with Crippen molar-refractivity contribution in [2.24, 2.45) is 0 Å². The van der Waals surface area contributed by atoms with Crippen molar-refractivity contribution in [1.29, 1.82) is 0 Å². The number of esters is 3. The second kappa shape index (κ2) is 17.7. The minimum atomic E-state index is -0.825. The first kappa shape index (κ1) is 34.2. The summed E-state index contributed by atoms with van der Waals surface area (Å²) in [5.41, 5.74) is 2.21. The molecular formula is C32H42N2O8. The van der Waals surface area contributed by atoms with Gasteiger partial charge in [-0.05, 0) is 71.4 Å². The number of rotatable bonds is 14. The second-order valence-corrected chi connectivity index (χ2v) is 9.89. The molecule has 228 valence electrons. The Bertz CT molecular complexity index is 1170. The van der Waals surface area contributed by atoms with E-state index in [1.165, 1.54) is 17.4 Å². The molecule has 0 saturated carbocycles. The summed E-state index contributed by atoms with van der Waals surface area (Å²) in [4.78, 5) is 59.9. The van der Waals surface area contributed by atoms with Gasteiger partial charge in [0, 0.05) is 0 Å². The number of nitrogens with one attached hydrogen (secondary N) is 1. The highest BCUT2D eigenvalue weighted by atomic mass is 16.6. The molecule has 0 unspecified atom stereocenters. The summed E-state index contributed by atoms with van der Waals surface area (Å²) in [5.74, 6) is -1.44. The van der Waals surface area contributed by atoms with Crippen LogP contribution in [0.1, 0.15) is 58.6 Å². The normalized spacial score (nSPS) is 16.4. The molecule has 3 rings (SSSR count). The van der Waals surface area contributed by atoms with Crippen molar-refractivity contribution in [1.82, 2.24) is 10.2 Å². The standard InChI is InChI=1S/C16H19NO5.C16H23NO3/c1-3-21-15(19)13(10-9-12-7-5-4-6-8-12)17-11(2)14(18)22-16(17)20;1-4-20-16(19)15(17-12(2)13(3)18)11-10-14-8-6-5-7-9-14/h4-8,11,13H,3,9-10H2,1-2H3;5-9,12,15,17H,4,10-11H2,1-3H3/t11-,13-;12-,15-/m00/s1. The number of benzene rings is 2. The average Bonchev–Trinajstić information content (AvgIpc) is 3.23. The van der Waals surface area contributed by atoms with Crippen molar-refractivity contribution >= 4 is 29.8 Å². The van der Waals surface area contributed by atoms with Gasteiger partial charge < -0.3 is 14.2 Å². The van der Waals surface area contributed by atoms with E-state index in [1.807, 2.05) is 60.7 Å². The number of Topliss-reactive ketones (excluding diaryl/α,β-unsaturated/α-hetero) is 1. The lowest BCUT2D eigenvalue weighted by molar-refractivity contribution is -0.149. The predicted molar refractivity (Wildman–Crippen MR) is 156 cm³/mol. The fourth-order valence-corrected chi connectivity index (χ4v) is 4.34. The molecule has 0 radical (unpaired) electrons. The molecule has 10 nitrogen and oxygen atoms in total. The van der Waals surface area contributed by atoms with Crippen LogP contribution in [0.3, 0.4) is 0 Å². The van der Waals surface area contributed by atoms with Gasteiger partial charge in [-0.3, -0.25) is 19.8 Å². The van der Waals surface area contributed by atoms with Gasteiger partial charge in [-0.1, -0.05) is 60.7 Å². The number of amides is 1. The van der Waals surface area contributed by atoms with E-state index >= 15 is 0 Å². The van der Waals surface area contributed by atoms with E-state index in [9.17, 15) is 24.0 Å². The van der Waals surface area contributed by atoms with E-state index in [1.54, 1.807) is 27.7 Å². The molecule has 2 aromatic rings. The number of ketones is 1. The Morgan fingerprint density at radius 3 is 1.81 bits per heavy atom. The first-order valence-electron chi connectivity index (χ1n) is 14.3. The topological polar surface area (TPSA) is 128 Å². The first-order valence-corrected chi connectivity index (χ1v) is 14.3. The number of nitrogens with zero attached hydrogens (tertiary/aromatic N) is 1. The zero-order valence-electron chi connectivity index (χ0n) is 25.0. The van der Waals surface area contributed by atoms with E-state index in [0.29, 0.717) is 25.9 Å². The van der Waals surface area contributed by atoms with E-state index in [-0.39, 0.29) is 24.4 Å². The third-order valence-corrected chi connectivity index (χ3v) is 6.80. The summed E-state index contributed by atoms with van der Waals surface area (Å²) in [6, 6.07) is 17.2. The molecule has 0 spiro atoms. The van der Waals surface area contributed by atoms with Crippen molar-refractivity contribution in [3.63, 3.8) is 0 Å². The van der Waals surface area contributed by atoms with Crippen molar-refractivity contribution < 1.29 is 38.2 Å². The summed E-state index contributed by atoms with van der Waals surface area (Å²) in [6.07, 6.45) is 1.55. The Kier molecular flexibility index (Phi) is 14.4. The molecule has 1 heterocycles. The molecule has 1 saturated heterocycles. The number of carbonyl (C=O) groups is 5. The molecule has 1 aliphatic heterocycles. The summed E-state index contributed by atoms with van der Waals surface area (Å²) in [5, 5.41) is 3.05. The van der Waals surface area contributed by atoms with Gasteiger partial charge in [-0.15, -0.1) is 0 Å². The largest absolute Gasteiger partial charge is 0.465 e. The van der Waals surface area contributed by atoms with Crippen LogP contribution in [-0.2, 0) is 46.2 Å². The number of aryl methyl sites for hydroxylation is 2. The lowest BCUT2D eigenvalue weighted by Crippen LogP contribution is -2.47. The fourth-order valence-electron chi connectivity index (χ4n) is 4.34. The predicted octanol–water partition coefficient (Wildman–Crippen LogP) is 4.04. The van der Waals surface area contributed by atoms with Crippen LogP contribution < -0.4 is 5.32 Å². The third kappa shape index (κ3) is 10.7. The Morgan fingerprint density at radius 1 is 0.857 bits per heavy atom. The Hall–Kier alpha value is -4.05. The maximum absolute atomic E-state index is 12.2. The SMILES string of the molecule is CCOC(=O)[C@H](CCc1ccccc1)N1C(=O)OC(=O)[C@@H]1C.CCOC(=O)[C@H](CCc1ccccc1)N[C@@H](C)C(C)=O. The van der Waals surface area contributed by atoms with Crippen LogP contribution >= 0.6 is 0 Å². The molecule has 1 amide bonds. The minimum Gasteiger partial charge on any atom is -0.465 e. The summed E-state index contributed by atoms with van der Waals surface area (Å²) in [6.45, 7) is 8.85. The molecule has 10 heteroatoms. The highest BCUT2D eigenvalue weighted by molar-refractivity contribution is 5.97. The van der Waals surface area contributed by atoms with Crippen LogP contribution in [-0.4, -0.2) is 72.1 Å². The Balaban J connectivity index is 0.000000295. The molecule has 1 fully saturated rings. The van der Waals surface area contributed by atoms with Crippen LogP contribution in [0.15, 0.2) is 60.7 Å². The molecule has 1 aliphatic rings. The number of ether oxygens (including phenoxy) is 3. The molecule has 4 atom stereocenters. The van der Waals surface area contributed by atoms with Crippen LogP contribution in [0, 0.1) is 0 Å². The van der Waals surface area contributed by atoms with E-state index in [2.05, 4.69) is 10.1 Å². The molecular weight excluding hydrogens is 540 g/mol. The van der Waals surface area contributed by atoms with Crippen LogP contribution in [0.25, 0.3) is 0 Å². The maximum Gasteiger partial charge on any atom is 0.419 e. The van der Waals surface area contributed by atoms with Crippen molar-refractivity contribution in [2.45, 2.75) is 84.5 Å². The van der Waals surface area contributed by atoms with Gasteiger partial charge in [-0.2, -0.15) is 0 Å². The third-order valence-electron chi connectivity index (χ3n) is 6.80. The van der Waals surface area contributed by atoms with Gasteiger partial charge in [0.2, 0.25) is 0 Å². The van der Waals surface area contributed by atoms with E-state index < -0.39 is 36.2 Å². The van der Waals surface area contributed by atoms with E-state index in [0.717, 1.165) is 12.0 Å². The lowest BCUT2D eigenvalue weighted by Gasteiger charge is -2.26. The quantitative estimate of drug-likeness (QED) is 0.199. The highest BCUT2D eigenvalue weighted by Gasteiger charge is 2.45. The Labute approximate surface area is 247 Å². The summed E-state index contributed by atoms with van der Waals surface area (Å²) < 4.78 is 14.7. The van der Waals surface area contributed by atoms with Gasteiger partial charge in [0.15, 0.2) is 0 Å². The number of cyclic esters (lactones) is 2. The average molecular weight is 583 g/mol. The van der Waals surface area contributed by atoms with Gasteiger partial charge in [0.25, 0.3) is 0 Å². The van der Waals surface area contributed by atoms with Gasteiger partial charge in [-0.25, -0.2) is 14.4 Å². The molecule has 0 aliphatic carbocycles. The fraction of sp³-hybridized carbons (Fsp3) is 0.469. The molecule has 0 aromatic heterocycles. The summed E-state index contributed by atoms with van der Waals surface area (Å²) in [7, 11) is 0. The zero-order valence-corrected chi connectivity index (χ0v) is 25.0. The molecule has 0 bridgehead atoms. The lowest BCUT2D eigenvalue weighted by atomic mass is 10.0. The second-order valence-electron chi connectivity index (χ2n) is 9.89. The number of hydrogen-bond donors (Lipinski definition) is 1. The zero-order chi connectivity index (χ0) is 31.1. The van der Waals surface area contributed by atoms with Gasteiger partial charge in [0.1, 0.15) is 23.9 Å². The number of carbonyl (C=O) groups excluding carboxylic acids is 5. The van der Waals surface area contributed by atoms with Crippen molar-refractivity contribution in [2.75, 3.05) is 13.2 Å². The Morgan fingerprint density at radius 2 is 1.36 bits per heavy atom. The van der Waals surface area contributed by atoms with Gasteiger partial charge >= 0.3 is 24.0 Å². The van der Waals surface area contributed by atoms with E-state index in [4.69, 9.17) is 9.47 Å². The summed E-state index contributed by atoms with van der Waals surface area (Å²) >= 11 is 0. The number of hydrogen-bond acceptors (Lipinski definition) is 9. The first-order chi connectivity index (χ1) is 20.1. The van der Waals surface area contributed by atoms with Crippen molar-refractivity contribution in [3.8, 4) is 0 Å². The monoisotopic (exact) mass is 582 g/mol. The molecule has 42 heavy (non-hydrogen) atoms. The maximum atomic E-state index is 12.2. The molecule has 1 N–H and O–H groups in total. The minimum absolute atomic E-state index is 0.0130. The van der Waals surface area contributed by atoms with Crippen LogP contribution in [0.2, 0.25) is 0 Å². The van der Waals surface area contributed by atoms with Crippen LogP contribution in [0.5, 0.6) is 0 Å².